The number of nitrogens with one attached hydrogen (secondary N) is 1. The zero-order valence-corrected chi connectivity index (χ0v) is 28.8. The Bertz CT molecular complexity index is 1990. The highest BCUT2D eigenvalue weighted by Gasteiger charge is 2.39. The number of aromatic nitrogens is 3. The Labute approximate surface area is 288 Å². The van der Waals surface area contributed by atoms with Crippen LogP contribution in [0.15, 0.2) is 71.6 Å². The highest BCUT2D eigenvalue weighted by Crippen LogP contribution is 2.42. The summed E-state index contributed by atoms with van der Waals surface area (Å²) >= 11 is 0. The van der Waals surface area contributed by atoms with E-state index in [0.717, 1.165) is 59.9 Å². The van der Waals surface area contributed by atoms with Gasteiger partial charge in [-0.05, 0) is 99.2 Å². The average molecular weight is 679 g/mol. The first-order chi connectivity index (χ1) is 23.7. The van der Waals surface area contributed by atoms with Crippen LogP contribution in [0, 0.1) is 25.7 Å². The number of anilines is 2. The number of sulfonamides is 1. The van der Waals surface area contributed by atoms with E-state index in [-0.39, 0.29) is 47.4 Å². The van der Waals surface area contributed by atoms with Gasteiger partial charge >= 0.3 is 0 Å². The second-order valence-corrected chi connectivity index (χ2v) is 15.8. The summed E-state index contributed by atoms with van der Waals surface area (Å²) in [5.41, 5.74) is 4.53. The zero-order chi connectivity index (χ0) is 33.7. The number of aryl methyl sites for hydroxylation is 2. The topological polar surface area (TPSA) is 118 Å². The Morgan fingerprint density at radius 3 is 2.45 bits per heavy atom. The molecule has 254 valence electrons. The highest BCUT2D eigenvalue weighted by molar-refractivity contribution is 7.92. The molecule has 11 heteroatoms. The third-order valence-electron chi connectivity index (χ3n) is 10.4. The van der Waals surface area contributed by atoms with Crippen LogP contribution in [0.3, 0.4) is 0 Å². The first-order valence-electron chi connectivity index (χ1n) is 17.5. The van der Waals surface area contributed by atoms with Crippen LogP contribution in [0.1, 0.15) is 72.1 Å². The van der Waals surface area contributed by atoms with Crippen LogP contribution in [-0.2, 0) is 16.6 Å². The van der Waals surface area contributed by atoms with Crippen LogP contribution in [0.4, 0.5) is 11.8 Å². The predicted octanol–water partition coefficient (Wildman–Crippen LogP) is 6.54. The fraction of sp³-hybridized carbons (Fsp3) is 0.421. The van der Waals surface area contributed by atoms with Gasteiger partial charge in [-0.3, -0.25) is 4.79 Å². The van der Waals surface area contributed by atoms with Crippen molar-refractivity contribution in [1.29, 1.82) is 0 Å². The molecule has 2 aliphatic carbocycles. The largest absolute Gasteiger partial charge is 0.475 e. The van der Waals surface area contributed by atoms with Gasteiger partial charge in [0.1, 0.15) is 12.4 Å². The first-order valence-corrected chi connectivity index (χ1v) is 18.9. The quantitative estimate of drug-likeness (QED) is 0.234. The molecule has 2 aromatic carbocycles. The first kappa shape index (κ1) is 31.7. The number of hydrogen-bond acceptors (Lipinski definition) is 8. The Balaban J connectivity index is 1.19. The zero-order valence-electron chi connectivity index (χ0n) is 28.0. The molecule has 4 aliphatic rings. The van der Waals surface area contributed by atoms with Crippen LogP contribution in [0.2, 0.25) is 0 Å². The van der Waals surface area contributed by atoms with Gasteiger partial charge in [0, 0.05) is 29.8 Å². The number of nitrogens with zero attached hydrogens (tertiary/aromatic N) is 5. The summed E-state index contributed by atoms with van der Waals surface area (Å²) in [5, 5.41) is 0. The Hall–Kier alpha value is -4.51. The molecule has 10 nitrogen and oxygen atoms in total. The van der Waals surface area contributed by atoms with Crippen molar-refractivity contribution in [3.8, 4) is 17.1 Å². The molecule has 2 aliphatic heterocycles. The number of amides is 1. The smallest absolute Gasteiger partial charge is 0.264 e. The summed E-state index contributed by atoms with van der Waals surface area (Å²) < 4.78 is 36.4. The van der Waals surface area contributed by atoms with Gasteiger partial charge in [0.15, 0.2) is 0 Å². The van der Waals surface area contributed by atoms with Crippen LogP contribution >= 0.6 is 0 Å². The monoisotopic (exact) mass is 678 g/mol. The van der Waals surface area contributed by atoms with Gasteiger partial charge < -0.3 is 14.5 Å². The lowest BCUT2D eigenvalue weighted by Gasteiger charge is -2.32. The van der Waals surface area contributed by atoms with Gasteiger partial charge in [-0.25, -0.2) is 23.1 Å². The summed E-state index contributed by atoms with van der Waals surface area (Å²) in [6.45, 7) is 5.45. The minimum absolute atomic E-state index is 0.0416. The minimum Gasteiger partial charge on any atom is -0.475 e. The highest BCUT2D eigenvalue weighted by atomic mass is 32.2. The molecule has 4 aromatic rings. The maximum atomic E-state index is 14.5. The summed E-state index contributed by atoms with van der Waals surface area (Å²) in [6.07, 6.45) is 7.92. The van der Waals surface area contributed by atoms with Gasteiger partial charge in [0.05, 0.1) is 28.9 Å². The van der Waals surface area contributed by atoms with Crippen molar-refractivity contribution in [1.82, 2.24) is 19.9 Å². The second-order valence-electron chi connectivity index (χ2n) is 14.1. The van der Waals surface area contributed by atoms with E-state index in [1.54, 1.807) is 18.2 Å². The fourth-order valence-electron chi connectivity index (χ4n) is 7.54. The van der Waals surface area contributed by atoms with Crippen LogP contribution < -0.4 is 14.4 Å². The molecule has 2 aromatic heterocycles. The third-order valence-corrected chi connectivity index (χ3v) is 11.7. The molecular weight excluding hydrogens is 637 g/mol. The molecule has 49 heavy (non-hydrogen) atoms. The van der Waals surface area contributed by atoms with Crippen molar-refractivity contribution in [2.45, 2.75) is 82.3 Å². The van der Waals surface area contributed by atoms with E-state index < -0.39 is 10.0 Å². The molecule has 1 N–H and O–H groups in total. The molecule has 8 rings (SSSR count). The Kier molecular flexibility index (Phi) is 8.26. The lowest BCUT2D eigenvalue weighted by molar-refractivity contribution is 0.0561. The van der Waals surface area contributed by atoms with E-state index >= 15 is 0 Å². The molecule has 0 radical (unpaired) electrons. The van der Waals surface area contributed by atoms with Crippen molar-refractivity contribution < 1.29 is 17.9 Å². The molecule has 3 fully saturated rings. The second kappa shape index (κ2) is 12.7. The molecule has 4 bridgehead atoms. The van der Waals surface area contributed by atoms with E-state index in [1.165, 1.54) is 37.8 Å². The maximum absolute atomic E-state index is 14.5. The maximum Gasteiger partial charge on any atom is 0.264 e. The lowest BCUT2D eigenvalue weighted by atomic mass is 10.00. The van der Waals surface area contributed by atoms with Gasteiger partial charge in [-0.2, -0.15) is 4.98 Å². The predicted molar refractivity (Wildman–Crippen MR) is 188 cm³/mol. The van der Waals surface area contributed by atoms with Crippen molar-refractivity contribution in [2.75, 3.05) is 22.8 Å². The molecule has 1 saturated heterocycles. The summed E-state index contributed by atoms with van der Waals surface area (Å²) in [4.78, 5) is 33.0. The van der Waals surface area contributed by atoms with Gasteiger partial charge in [0.25, 0.3) is 15.9 Å². The molecule has 0 spiro atoms. The van der Waals surface area contributed by atoms with E-state index in [1.807, 2.05) is 49.1 Å². The van der Waals surface area contributed by atoms with E-state index in [2.05, 4.69) is 25.7 Å². The Morgan fingerprint density at radius 1 is 0.898 bits per heavy atom. The number of carbonyl (C=O) groups is 1. The molecular formula is C38H42N6O4S. The average Bonchev–Trinajstić information content (AvgIpc) is 4.04. The van der Waals surface area contributed by atoms with E-state index in [4.69, 9.17) is 9.72 Å². The van der Waals surface area contributed by atoms with Gasteiger partial charge in [0.2, 0.25) is 11.8 Å². The summed E-state index contributed by atoms with van der Waals surface area (Å²) in [6, 6.07) is 20.3. The van der Waals surface area contributed by atoms with Gasteiger partial charge in [-0.15, -0.1) is 0 Å². The van der Waals surface area contributed by atoms with Crippen LogP contribution in [-0.4, -0.2) is 59.4 Å². The molecule has 0 unspecified atom stereocenters. The summed E-state index contributed by atoms with van der Waals surface area (Å²) in [5.74, 6) is 2.10. The van der Waals surface area contributed by atoms with E-state index in [0.29, 0.717) is 17.7 Å². The molecule has 1 amide bonds. The van der Waals surface area contributed by atoms with Crippen LogP contribution in [0.25, 0.3) is 11.3 Å². The van der Waals surface area contributed by atoms with E-state index in [9.17, 15) is 13.2 Å². The number of pyridine rings is 1. The minimum atomic E-state index is -4.14. The van der Waals surface area contributed by atoms with Crippen molar-refractivity contribution in [2.24, 2.45) is 11.8 Å². The normalized spacial score (nSPS) is 22.0. The number of fused-ring (bicyclic) bond motifs is 4. The third kappa shape index (κ3) is 6.73. The number of ether oxygens (including phenoxy) is 1. The summed E-state index contributed by atoms with van der Waals surface area (Å²) in [7, 11) is -4.14. The molecule has 2 saturated carbocycles. The molecule has 4 heterocycles. The number of carbonyl (C=O) groups excluding carboxylic acids is 1. The molecule has 2 atom stereocenters. The van der Waals surface area contributed by atoms with Crippen LogP contribution in [0.5, 0.6) is 5.88 Å². The fourth-order valence-corrected chi connectivity index (χ4v) is 8.53. The number of rotatable bonds is 7. The van der Waals surface area contributed by atoms with Gasteiger partial charge in [-0.1, -0.05) is 43.2 Å². The standard InChI is InChI=1S/C38H42N6O4S/c1-24-7-3-8-25(2)36(24)32-21-35-41-38(40-32)42-49(46,47)31-11-4-9-28(20-31)37(45)44(30(23-48-35)19-26-14-15-26)22-29-10-5-13-34(39-29)43-18-6-12-33(43)27-16-17-27/h3-5,7-11,13,20-21,26-27,30,33H,6,12,14-19,22-23H2,1-2H3,(H,40,41,42)/t30-,33+/m1/s1. The van der Waals surface area contributed by atoms with Crippen molar-refractivity contribution >= 4 is 27.7 Å². The van der Waals surface area contributed by atoms with Crippen molar-refractivity contribution in [3.63, 3.8) is 0 Å². The number of benzene rings is 2. The Morgan fingerprint density at radius 2 is 1.67 bits per heavy atom. The van der Waals surface area contributed by atoms with Crippen molar-refractivity contribution in [3.05, 3.63) is 89.1 Å². The SMILES string of the molecule is Cc1cccc(C)c1-c1cc2nc(n1)NS(=O)(=O)c1cccc(c1)C(=O)N(Cc1cccc(N3CCC[C@H]3C3CC3)n1)[C@H](CC1CC1)CO2. The number of hydrogen-bond donors (Lipinski definition) is 1. The lowest BCUT2D eigenvalue weighted by Crippen LogP contribution is -2.44.